The molecule has 0 aromatic carbocycles. The Kier molecular flexibility index (Phi) is 236. The van der Waals surface area contributed by atoms with Gasteiger partial charge in [0.15, 0.2) is 0 Å². The zero-order valence-electron chi connectivity index (χ0n) is 1.59. The summed E-state index contributed by atoms with van der Waals surface area (Å²) in [4.78, 5) is 0. The fraction of sp³-hybridized carbons (Fsp3) is 0. The van der Waals surface area contributed by atoms with Crippen molar-refractivity contribution in [2.45, 2.75) is 0 Å². The standard InChI is InChI=1S/BH3.Mn.H2Se.Zn/h1H3;;1H2;. The van der Waals surface area contributed by atoms with Gasteiger partial charge in [-0.15, -0.1) is 0 Å². The van der Waals surface area contributed by atoms with E-state index in [0.29, 0.717) is 0 Å². The third-order valence-corrected chi connectivity index (χ3v) is 0. The number of hydrogen-bond acceptors (Lipinski definition) is 0. The minimum absolute atomic E-state index is 0. The van der Waals surface area contributed by atoms with Gasteiger partial charge in [0, 0.05) is 36.5 Å². The van der Waals surface area contributed by atoms with Gasteiger partial charge >= 0.3 is 17.1 Å². The first-order valence-corrected chi connectivity index (χ1v) is 0. The first-order chi connectivity index (χ1) is 0. The second kappa shape index (κ2) is 22.0. The van der Waals surface area contributed by atoms with Gasteiger partial charge < -0.3 is 0 Å². The summed E-state index contributed by atoms with van der Waals surface area (Å²) >= 11 is 0. The Morgan fingerprint density at radius 2 is 1.00 bits per heavy atom. The summed E-state index contributed by atoms with van der Waals surface area (Å²) < 4.78 is 0. The summed E-state index contributed by atoms with van der Waals surface area (Å²) in [7, 11) is 0. The fourth-order valence-electron chi connectivity index (χ4n) is 0. The Morgan fingerprint density at radius 3 is 1.00 bits per heavy atom. The molecule has 0 heterocycles. The Morgan fingerprint density at radius 1 is 1.00 bits per heavy atom. The Bertz CT molecular complexity index is 8.00. The smallest absolute Gasteiger partial charge is 0 e. The van der Waals surface area contributed by atoms with Crippen LogP contribution in [0.1, 0.15) is 0 Å². The second-order valence-corrected chi connectivity index (χ2v) is 0. The van der Waals surface area contributed by atoms with Crippen LogP contribution < -0.4 is 0 Å². The third kappa shape index (κ3) is 9.29. The third-order valence-electron chi connectivity index (χ3n) is 0. The fourth-order valence-corrected chi connectivity index (χ4v) is 0. The van der Waals surface area contributed by atoms with Gasteiger partial charge in [-0.1, -0.05) is 0 Å². The summed E-state index contributed by atoms with van der Waals surface area (Å²) in [6.45, 7) is 0. The van der Waals surface area contributed by atoms with Crippen molar-refractivity contribution >= 4 is 25.5 Å². The summed E-state index contributed by atoms with van der Waals surface area (Å²) in [6, 6.07) is 0. The number of rotatable bonds is 0. The van der Waals surface area contributed by atoms with Crippen LogP contribution in [0.2, 0.25) is 0 Å². The molecular formula is H5BMnSeZn. The van der Waals surface area contributed by atoms with E-state index in [1.807, 2.05) is 0 Å². The van der Waals surface area contributed by atoms with Crippen molar-refractivity contribution in [3.63, 3.8) is 0 Å². The van der Waals surface area contributed by atoms with Gasteiger partial charge in [0.25, 0.3) is 0 Å². The molecule has 23 valence electrons. The van der Waals surface area contributed by atoms with Gasteiger partial charge in [0.05, 0.1) is 8.41 Å². The maximum atomic E-state index is 0. The first-order valence-electron chi connectivity index (χ1n) is 0. The molecule has 0 atom stereocenters. The minimum Gasteiger partial charge on any atom is 0 e. The quantitative estimate of drug-likeness (QED) is 0.406. The van der Waals surface area contributed by atoms with E-state index in [9.17, 15) is 0 Å². The molecule has 0 N–H and O–H groups in total. The second-order valence-electron chi connectivity index (χ2n) is 0. The molecule has 4 heteroatoms. The molecule has 4 heavy (non-hydrogen) atoms. The SMILES string of the molecule is B.[Mn].[SeH2].[Zn]. The van der Waals surface area contributed by atoms with E-state index >= 15 is 0 Å². The normalized spacial score (nSPS) is 0. The molecular weight excluding hydrogens is 210 g/mol. The van der Waals surface area contributed by atoms with E-state index in [1.165, 1.54) is 0 Å². The van der Waals surface area contributed by atoms with E-state index in [2.05, 4.69) is 0 Å². The molecule has 0 bridgehead atoms. The zero-order chi connectivity index (χ0) is 0. The van der Waals surface area contributed by atoms with Crippen molar-refractivity contribution < 1.29 is 36.5 Å². The van der Waals surface area contributed by atoms with Crippen LogP contribution in [0, 0.1) is 0 Å². The zero-order valence-corrected chi connectivity index (χ0v) is 7.83. The molecule has 0 saturated carbocycles. The monoisotopic (exact) mass is 215 g/mol. The van der Waals surface area contributed by atoms with Gasteiger partial charge in [0.1, 0.15) is 0 Å². The van der Waals surface area contributed by atoms with Crippen molar-refractivity contribution in [2.24, 2.45) is 0 Å². The molecule has 0 aliphatic heterocycles. The predicted molar refractivity (Wildman–Crippen MR) is 18.5 cm³/mol. The molecule has 0 aromatic heterocycles. The van der Waals surface area contributed by atoms with E-state index in [-0.39, 0.29) is 62.0 Å². The number of hydrogen-bond donors (Lipinski definition) is 0. The Labute approximate surface area is 61.8 Å². The topological polar surface area (TPSA) is 0 Å². The van der Waals surface area contributed by atoms with Crippen molar-refractivity contribution in [3.05, 3.63) is 0 Å². The van der Waals surface area contributed by atoms with Crippen LogP contribution in [0.5, 0.6) is 0 Å². The summed E-state index contributed by atoms with van der Waals surface area (Å²) in [6.07, 6.45) is 0. The molecule has 1 radical (unpaired) electrons. The van der Waals surface area contributed by atoms with Gasteiger partial charge in [0.2, 0.25) is 0 Å². The van der Waals surface area contributed by atoms with Crippen LogP contribution in [-0.4, -0.2) is 25.5 Å². The Balaban J connectivity index is 0. The van der Waals surface area contributed by atoms with Crippen LogP contribution in [0.15, 0.2) is 0 Å². The van der Waals surface area contributed by atoms with E-state index in [4.69, 9.17) is 0 Å². The molecule has 0 unspecified atom stereocenters. The average molecular weight is 215 g/mol. The van der Waals surface area contributed by atoms with Gasteiger partial charge in [-0.25, -0.2) is 0 Å². The Hall–Kier alpha value is 1.73. The molecule has 0 amide bonds. The van der Waals surface area contributed by atoms with Crippen LogP contribution in [0.25, 0.3) is 0 Å². The van der Waals surface area contributed by atoms with Crippen LogP contribution >= 0.6 is 0 Å². The van der Waals surface area contributed by atoms with E-state index in [1.54, 1.807) is 0 Å². The molecule has 0 aliphatic rings. The van der Waals surface area contributed by atoms with Crippen molar-refractivity contribution in [1.82, 2.24) is 0 Å². The van der Waals surface area contributed by atoms with Crippen LogP contribution in [-0.2, 0) is 36.5 Å². The maximum Gasteiger partial charge on any atom is 0 e. The average Bonchev–Trinajstić information content (AvgIpc) is 0. The van der Waals surface area contributed by atoms with Gasteiger partial charge in [-0.2, -0.15) is 0 Å². The molecule has 0 nitrogen and oxygen atoms in total. The minimum atomic E-state index is 0. The molecule has 0 fully saturated rings. The summed E-state index contributed by atoms with van der Waals surface area (Å²) in [5, 5.41) is 0. The molecule has 0 spiro atoms. The van der Waals surface area contributed by atoms with E-state index < -0.39 is 0 Å². The first kappa shape index (κ1) is 42.9. The molecule has 0 saturated heterocycles. The van der Waals surface area contributed by atoms with Gasteiger partial charge in [-0.05, 0) is 0 Å². The van der Waals surface area contributed by atoms with Crippen molar-refractivity contribution in [1.29, 1.82) is 0 Å². The van der Waals surface area contributed by atoms with E-state index in [0.717, 1.165) is 0 Å². The molecule has 0 aliphatic carbocycles. The predicted octanol–water partition coefficient (Wildman–Crippen LogP) is -2.11. The van der Waals surface area contributed by atoms with Crippen LogP contribution in [0.3, 0.4) is 0 Å². The summed E-state index contributed by atoms with van der Waals surface area (Å²) in [5.74, 6) is 0. The summed E-state index contributed by atoms with van der Waals surface area (Å²) in [5.41, 5.74) is 0. The molecule has 0 rings (SSSR count). The van der Waals surface area contributed by atoms with Crippen LogP contribution in [0.4, 0.5) is 0 Å². The van der Waals surface area contributed by atoms with Crippen molar-refractivity contribution in [3.8, 4) is 0 Å². The van der Waals surface area contributed by atoms with Gasteiger partial charge in [-0.3, -0.25) is 0 Å². The van der Waals surface area contributed by atoms with Crippen molar-refractivity contribution in [2.75, 3.05) is 0 Å². The largest absolute Gasteiger partial charge is 0 e. The maximum absolute atomic E-state index is 0. The molecule has 0 aromatic rings.